The molecule has 27 heavy (non-hydrogen) atoms. The molecule has 0 unspecified atom stereocenters. The van der Waals surface area contributed by atoms with Crippen molar-refractivity contribution < 1.29 is 14.4 Å². The number of anilines is 1. The Morgan fingerprint density at radius 1 is 1.19 bits per heavy atom. The summed E-state index contributed by atoms with van der Waals surface area (Å²) in [5, 5.41) is 4.79. The molecule has 3 aromatic rings. The van der Waals surface area contributed by atoms with Gasteiger partial charge in [-0.2, -0.15) is 0 Å². The zero-order chi connectivity index (χ0) is 18.8. The van der Waals surface area contributed by atoms with Crippen LogP contribution in [0.5, 0.6) is 0 Å². The van der Waals surface area contributed by atoms with Gasteiger partial charge in [-0.05, 0) is 41.4 Å². The van der Waals surface area contributed by atoms with Crippen LogP contribution in [0, 0.1) is 0 Å². The molecule has 2 aromatic heterocycles. The van der Waals surface area contributed by atoms with Gasteiger partial charge in [-0.3, -0.25) is 19.3 Å². The molecular formula is C18H13N3O3S3. The van der Waals surface area contributed by atoms with E-state index in [0.717, 1.165) is 31.8 Å². The molecule has 0 radical (unpaired) electrons. The van der Waals surface area contributed by atoms with Crippen molar-refractivity contribution in [1.82, 2.24) is 9.88 Å². The van der Waals surface area contributed by atoms with Crippen LogP contribution in [0.25, 0.3) is 16.3 Å². The number of hydrogen-bond acceptors (Lipinski definition) is 7. The van der Waals surface area contributed by atoms with E-state index in [-0.39, 0.29) is 30.0 Å². The lowest BCUT2D eigenvalue weighted by Crippen LogP contribution is -2.31. The van der Waals surface area contributed by atoms with Gasteiger partial charge in [-0.15, -0.1) is 11.3 Å². The molecule has 9 heteroatoms. The smallest absolute Gasteiger partial charge is 0.293 e. The maximum atomic E-state index is 12.4. The number of thioether (sulfide) groups is 1. The summed E-state index contributed by atoms with van der Waals surface area (Å²) in [5.74, 6) is -0.637. The van der Waals surface area contributed by atoms with Crippen molar-refractivity contribution in [3.8, 4) is 0 Å². The van der Waals surface area contributed by atoms with Gasteiger partial charge in [-0.25, -0.2) is 4.98 Å². The standard InChI is InChI=1S/C18H13N3O3S3/c22-15(20-17-19-12-5-1-2-6-13(12)26-17)7-8-21-16(23)14(27-18(21)24)10-11-4-3-9-25-11/h1-6,9-10H,7-8H2,(H,19,20,22)/b14-10+. The first-order valence-corrected chi connectivity index (χ1v) is 10.6. The molecule has 0 aliphatic carbocycles. The zero-order valence-electron chi connectivity index (χ0n) is 13.9. The van der Waals surface area contributed by atoms with Crippen LogP contribution < -0.4 is 5.32 Å². The molecule has 1 aromatic carbocycles. The molecular weight excluding hydrogens is 402 g/mol. The first-order valence-electron chi connectivity index (χ1n) is 8.04. The van der Waals surface area contributed by atoms with Gasteiger partial charge in [-0.1, -0.05) is 29.5 Å². The number of amides is 3. The molecule has 3 heterocycles. The Labute approximate surface area is 166 Å². The number of thiazole rings is 1. The van der Waals surface area contributed by atoms with Gasteiger partial charge < -0.3 is 5.32 Å². The second-order valence-corrected chi connectivity index (χ2v) is 8.64. The predicted octanol–water partition coefficient (Wildman–Crippen LogP) is 4.42. The number of thiophene rings is 1. The second kappa shape index (κ2) is 7.63. The van der Waals surface area contributed by atoms with Crippen LogP contribution in [0.2, 0.25) is 0 Å². The second-order valence-electron chi connectivity index (χ2n) is 5.63. The topological polar surface area (TPSA) is 79.4 Å². The lowest BCUT2D eigenvalue weighted by molar-refractivity contribution is -0.123. The quantitative estimate of drug-likeness (QED) is 0.624. The van der Waals surface area contributed by atoms with Crippen molar-refractivity contribution in [1.29, 1.82) is 0 Å². The highest BCUT2D eigenvalue weighted by Crippen LogP contribution is 2.33. The number of carbonyl (C=O) groups excluding carboxylic acids is 3. The summed E-state index contributed by atoms with van der Waals surface area (Å²) in [7, 11) is 0. The molecule has 136 valence electrons. The maximum absolute atomic E-state index is 12.4. The number of aromatic nitrogens is 1. The largest absolute Gasteiger partial charge is 0.302 e. The Bertz CT molecular complexity index is 1020. The van der Waals surface area contributed by atoms with Crippen molar-refractivity contribution in [2.75, 3.05) is 11.9 Å². The van der Waals surface area contributed by atoms with Crippen molar-refractivity contribution >= 4 is 72.9 Å². The van der Waals surface area contributed by atoms with E-state index in [1.165, 1.54) is 22.7 Å². The SMILES string of the molecule is O=C(CCN1C(=O)S/C(=C/c2cccs2)C1=O)Nc1nc2ccccc2s1. The highest BCUT2D eigenvalue weighted by molar-refractivity contribution is 8.18. The molecule has 3 amide bonds. The molecule has 4 rings (SSSR count). The van der Waals surface area contributed by atoms with Crippen LogP contribution in [0.4, 0.5) is 9.93 Å². The third kappa shape index (κ3) is 3.95. The van der Waals surface area contributed by atoms with Crippen molar-refractivity contribution in [2.24, 2.45) is 0 Å². The van der Waals surface area contributed by atoms with E-state index in [4.69, 9.17) is 0 Å². The normalized spacial score (nSPS) is 15.9. The molecule has 1 aliphatic rings. The summed E-state index contributed by atoms with van der Waals surface area (Å²) in [4.78, 5) is 43.4. The first-order chi connectivity index (χ1) is 13.1. The summed E-state index contributed by atoms with van der Waals surface area (Å²) < 4.78 is 0.984. The molecule has 1 aliphatic heterocycles. The Morgan fingerprint density at radius 3 is 2.81 bits per heavy atom. The molecule has 1 fully saturated rings. The third-order valence-electron chi connectivity index (χ3n) is 3.79. The average molecular weight is 416 g/mol. The molecule has 1 N–H and O–H groups in total. The highest BCUT2D eigenvalue weighted by atomic mass is 32.2. The van der Waals surface area contributed by atoms with E-state index in [9.17, 15) is 14.4 Å². The van der Waals surface area contributed by atoms with Gasteiger partial charge in [0.2, 0.25) is 5.91 Å². The number of nitrogens with zero attached hydrogens (tertiary/aromatic N) is 2. The summed E-state index contributed by atoms with van der Waals surface area (Å²) in [6, 6.07) is 11.4. The van der Waals surface area contributed by atoms with E-state index in [2.05, 4.69) is 10.3 Å². The Kier molecular flexibility index (Phi) is 5.06. The first kappa shape index (κ1) is 17.9. The van der Waals surface area contributed by atoms with Gasteiger partial charge in [0.05, 0.1) is 15.1 Å². The minimum absolute atomic E-state index is 0.0280. The lowest BCUT2D eigenvalue weighted by Gasteiger charge is -2.11. The number of rotatable bonds is 5. The third-order valence-corrected chi connectivity index (χ3v) is 6.47. The summed E-state index contributed by atoms with van der Waals surface area (Å²) in [5.41, 5.74) is 0.822. The van der Waals surface area contributed by atoms with Gasteiger partial charge in [0.15, 0.2) is 5.13 Å². The van der Waals surface area contributed by atoms with E-state index in [1.807, 2.05) is 41.8 Å². The van der Waals surface area contributed by atoms with Gasteiger partial charge in [0.25, 0.3) is 11.1 Å². The maximum Gasteiger partial charge on any atom is 0.293 e. The van der Waals surface area contributed by atoms with Crippen LogP contribution in [-0.2, 0) is 9.59 Å². The number of fused-ring (bicyclic) bond motifs is 1. The minimum Gasteiger partial charge on any atom is -0.302 e. The van der Waals surface area contributed by atoms with Gasteiger partial charge in [0.1, 0.15) is 0 Å². The van der Waals surface area contributed by atoms with Crippen molar-refractivity contribution in [2.45, 2.75) is 6.42 Å². The Balaban J connectivity index is 1.37. The van der Waals surface area contributed by atoms with Crippen molar-refractivity contribution in [3.05, 3.63) is 51.6 Å². The van der Waals surface area contributed by atoms with Crippen molar-refractivity contribution in [3.63, 3.8) is 0 Å². The Hall–Kier alpha value is -2.49. The molecule has 0 spiro atoms. The minimum atomic E-state index is -0.355. The molecule has 0 saturated carbocycles. The number of para-hydroxylation sites is 1. The molecule has 6 nitrogen and oxygen atoms in total. The van der Waals surface area contributed by atoms with Crippen LogP contribution in [0.3, 0.4) is 0 Å². The molecule has 1 saturated heterocycles. The van der Waals surface area contributed by atoms with Crippen LogP contribution in [0.15, 0.2) is 46.7 Å². The summed E-state index contributed by atoms with van der Waals surface area (Å²) in [6.45, 7) is 0.0448. The fourth-order valence-corrected chi connectivity index (χ4v) is 4.99. The van der Waals surface area contributed by atoms with E-state index in [1.54, 1.807) is 6.08 Å². The predicted molar refractivity (Wildman–Crippen MR) is 110 cm³/mol. The van der Waals surface area contributed by atoms with Gasteiger partial charge >= 0.3 is 0 Å². The van der Waals surface area contributed by atoms with E-state index < -0.39 is 0 Å². The average Bonchev–Trinajstić information content (AvgIpc) is 3.34. The van der Waals surface area contributed by atoms with E-state index in [0.29, 0.717) is 10.0 Å². The Morgan fingerprint density at radius 2 is 2.04 bits per heavy atom. The zero-order valence-corrected chi connectivity index (χ0v) is 16.3. The highest BCUT2D eigenvalue weighted by Gasteiger charge is 2.35. The molecule has 0 atom stereocenters. The van der Waals surface area contributed by atoms with Crippen LogP contribution in [0.1, 0.15) is 11.3 Å². The molecule has 0 bridgehead atoms. The monoisotopic (exact) mass is 415 g/mol. The van der Waals surface area contributed by atoms with Crippen LogP contribution >= 0.6 is 34.4 Å². The van der Waals surface area contributed by atoms with E-state index >= 15 is 0 Å². The number of nitrogens with one attached hydrogen (secondary N) is 1. The number of benzene rings is 1. The van der Waals surface area contributed by atoms with Crippen LogP contribution in [-0.4, -0.2) is 33.5 Å². The number of carbonyl (C=O) groups is 3. The summed E-state index contributed by atoms with van der Waals surface area (Å²) in [6.07, 6.45) is 1.73. The number of hydrogen-bond donors (Lipinski definition) is 1. The number of imide groups is 1. The fraction of sp³-hybridized carbons (Fsp3) is 0.111. The lowest BCUT2D eigenvalue weighted by atomic mass is 10.3. The summed E-state index contributed by atoms with van der Waals surface area (Å²) >= 11 is 3.78. The fourth-order valence-electron chi connectivity index (χ4n) is 2.52. The van der Waals surface area contributed by atoms with Gasteiger partial charge in [0, 0.05) is 17.8 Å².